The molecule has 0 radical (unpaired) electrons. The molecule has 0 atom stereocenters. The maximum atomic E-state index is 12.5. The topological polar surface area (TPSA) is 58.6 Å². The fraction of sp³-hybridized carbons (Fsp3) is 0.417. The molecule has 2 aromatic rings. The van der Waals surface area contributed by atoms with Gasteiger partial charge in [-0.3, -0.25) is 9.59 Å². The molecule has 1 fully saturated rings. The van der Waals surface area contributed by atoms with E-state index in [2.05, 4.69) is 5.32 Å². The molecule has 30 heavy (non-hydrogen) atoms. The second-order valence-corrected chi connectivity index (χ2v) is 8.27. The molecule has 1 aliphatic rings. The van der Waals surface area contributed by atoms with Gasteiger partial charge in [-0.1, -0.05) is 35.9 Å². The van der Waals surface area contributed by atoms with E-state index in [1.54, 1.807) is 0 Å². The van der Waals surface area contributed by atoms with Crippen LogP contribution in [0.3, 0.4) is 0 Å². The summed E-state index contributed by atoms with van der Waals surface area (Å²) in [5.74, 6) is 0.794. The lowest BCUT2D eigenvalue weighted by atomic mass is 10.0. The second-order valence-electron chi connectivity index (χ2n) is 7.84. The first-order chi connectivity index (χ1) is 14.4. The molecular formula is C24H29ClN2O3. The molecule has 2 amide bonds. The number of nitrogens with one attached hydrogen (secondary N) is 1. The van der Waals surface area contributed by atoms with Gasteiger partial charge < -0.3 is 15.0 Å². The lowest BCUT2D eigenvalue weighted by Crippen LogP contribution is -2.47. The van der Waals surface area contributed by atoms with Gasteiger partial charge in [-0.05, 0) is 68.0 Å². The number of benzene rings is 2. The Kier molecular flexibility index (Phi) is 7.75. The van der Waals surface area contributed by atoms with Gasteiger partial charge >= 0.3 is 0 Å². The summed E-state index contributed by atoms with van der Waals surface area (Å²) in [6.45, 7) is 5.34. The van der Waals surface area contributed by atoms with Crippen molar-refractivity contribution in [2.45, 2.75) is 45.6 Å². The molecule has 0 spiro atoms. The van der Waals surface area contributed by atoms with Crippen LogP contribution in [-0.4, -0.2) is 42.5 Å². The highest BCUT2D eigenvalue weighted by molar-refractivity contribution is 6.30. The SMILES string of the molecule is Cc1cccc(OCC(=O)N2CCC(NC(=O)CCc3ccc(Cl)cc3)CC2)c1C. The number of halogens is 1. The monoisotopic (exact) mass is 428 g/mol. The Morgan fingerprint density at radius 1 is 1.10 bits per heavy atom. The molecule has 160 valence electrons. The highest BCUT2D eigenvalue weighted by atomic mass is 35.5. The highest BCUT2D eigenvalue weighted by Gasteiger charge is 2.24. The minimum atomic E-state index is -0.0107. The molecular weight excluding hydrogens is 400 g/mol. The summed E-state index contributed by atoms with van der Waals surface area (Å²) in [5.41, 5.74) is 3.30. The molecule has 6 heteroatoms. The predicted octanol–water partition coefficient (Wildman–Crippen LogP) is 4.08. The van der Waals surface area contributed by atoms with E-state index in [1.807, 2.05) is 61.2 Å². The van der Waals surface area contributed by atoms with Crippen molar-refractivity contribution in [3.8, 4) is 5.75 Å². The van der Waals surface area contributed by atoms with Crippen LogP contribution in [-0.2, 0) is 16.0 Å². The third kappa shape index (κ3) is 6.23. The third-order valence-electron chi connectivity index (χ3n) is 5.67. The Balaban J connectivity index is 1.37. The molecule has 1 saturated heterocycles. The lowest BCUT2D eigenvalue weighted by Gasteiger charge is -2.32. The number of likely N-dealkylation sites (tertiary alicyclic amines) is 1. The van der Waals surface area contributed by atoms with E-state index in [0.717, 1.165) is 35.3 Å². The fourth-order valence-electron chi connectivity index (χ4n) is 3.59. The number of nitrogens with zero attached hydrogens (tertiary/aromatic N) is 1. The first kappa shape index (κ1) is 22.2. The van der Waals surface area contributed by atoms with Crippen LogP contribution in [0.1, 0.15) is 36.0 Å². The molecule has 0 unspecified atom stereocenters. The van der Waals surface area contributed by atoms with Crippen molar-refractivity contribution in [2.24, 2.45) is 0 Å². The maximum absolute atomic E-state index is 12.5. The number of piperidine rings is 1. The number of hydrogen-bond acceptors (Lipinski definition) is 3. The summed E-state index contributed by atoms with van der Waals surface area (Å²) in [4.78, 5) is 26.6. The number of ether oxygens (including phenoxy) is 1. The van der Waals surface area contributed by atoms with Crippen molar-refractivity contribution < 1.29 is 14.3 Å². The Morgan fingerprint density at radius 3 is 2.50 bits per heavy atom. The number of aryl methyl sites for hydroxylation is 2. The van der Waals surface area contributed by atoms with E-state index in [0.29, 0.717) is 31.0 Å². The molecule has 0 bridgehead atoms. The minimum absolute atomic E-state index is 0.0107. The van der Waals surface area contributed by atoms with Gasteiger partial charge in [-0.15, -0.1) is 0 Å². The van der Waals surface area contributed by atoms with Gasteiger partial charge in [-0.25, -0.2) is 0 Å². The van der Waals surface area contributed by atoms with Crippen LogP contribution in [0.5, 0.6) is 5.75 Å². The van der Waals surface area contributed by atoms with Gasteiger partial charge in [0.05, 0.1) is 0 Å². The number of carbonyl (C=O) groups excluding carboxylic acids is 2. The summed E-state index contributed by atoms with van der Waals surface area (Å²) >= 11 is 5.89. The van der Waals surface area contributed by atoms with Crippen molar-refractivity contribution in [3.05, 3.63) is 64.2 Å². The first-order valence-electron chi connectivity index (χ1n) is 10.4. The molecule has 1 aliphatic heterocycles. The van der Waals surface area contributed by atoms with Crippen molar-refractivity contribution in [1.29, 1.82) is 0 Å². The fourth-order valence-corrected chi connectivity index (χ4v) is 3.72. The van der Waals surface area contributed by atoms with Crippen molar-refractivity contribution in [2.75, 3.05) is 19.7 Å². The van der Waals surface area contributed by atoms with Crippen LogP contribution in [0.25, 0.3) is 0 Å². The summed E-state index contributed by atoms with van der Waals surface area (Å²) in [5, 5.41) is 3.80. The number of carbonyl (C=O) groups is 2. The van der Waals surface area contributed by atoms with E-state index in [4.69, 9.17) is 16.3 Å². The predicted molar refractivity (Wildman–Crippen MR) is 119 cm³/mol. The molecule has 0 aromatic heterocycles. The lowest BCUT2D eigenvalue weighted by molar-refractivity contribution is -0.134. The normalized spacial score (nSPS) is 14.4. The molecule has 5 nitrogen and oxygen atoms in total. The highest BCUT2D eigenvalue weighted by Crippen LogP contribution is 2.21. The zero-order valence-corrected chi connectivity index (χ0v) is 18.4. The van der Waals surface area contributed by atoms with E-state index >= 15 is 0 Å². The van der Waals surface area contributed by atoms with Crippen LogP contribution in [0.15, 0.2) is 42.5 Å². The third-order valence-corrected chi connectivity index (χ3v) is 5.92. The molecule has 1 N–H and O–H groups in total. The first-order valence-corrected chi connectivity index (χ1v) is 10.8. The average molecular weight is 429 g/mol. The molecule has 2 aromatic carbocycles. The van der Waals surface area contributed by atoms with Gasteiger partial charge in [0.2, 0.25) is 5.91 Å². The second kappa shape index (κ2) is 10.5. The van der Waals surface area contributed by atoms with E-state index in [9.17, 15) is 9.59 Å². The standard InChI is InChI=1S/C24H29ClN2O3/c1-17-4-3-5-22(18(17)2)30-16-24(29)27-14-12-21(13-15-27)26-23(28)11-8-19-6-9-20(25)10-7-19/h3-7,9-10,21H,8,11-16H2,1-2H3,(H,26,28). The summed E-state index contributed by atoms with van der Waals surface area (Å²) in [6, 6.07) is 13.5. The van der Waals surface area contributed by atoms with Crippen LogP contribution in [0, 0.1) is 13.8 Å². The zero-order valence-electron chi connectivity index (χ0n) is 17.6. The zero-order chi connectivity index (χ0) is 21.5. The molecule has 0 aliphatic carbocycles. The van der Waals surface area contributed by atoms with Gasteiger partial charge in [0.25, 0.3) is 5.91 Å². The van der Waals surface area contributed by atoms with Gasteiger partial charge in [-0.2, -0.15) is 0 Å². The van der Waals surface area contributed by atoms with Crippen molar-refractivity contribution in [1.82, 2.24) is 10.2 Å². The maximum Gasteiger partial charge on any atom is 0.260 e. The summed E-state index contributed by atoms with van der Waals surface area (Å²) in [7, 11) is 0. The number of rotatable bonds is 7. The van der Waals surface area contributed by atoms with E-state index in [-0.39, 0.29) is 24.5 Å². The van der Waals surface area contributed by atoms with E-state index in [1.165, 1.54) is 0 Å². The Hall–Kier alpha value is -2.53. The van der Waals surface area contributed by atoms with Crippen LogP contribution >= 0.6 is 11.6 Å². The van der Waals surface area contributed by atoms with Crippen LogP contribution < -0.4 is 10.1 Å². The Morgan fingerprint density at radius 2 is 1.80 bits per heavy atom. The Bertz CT molecular complexity index is 875. The smallest absolute Gasteiger partial charge is 0.260 e. The van der Waals surface area contributed by atoms with Crippen LogP contribution in [0.2, 0.25) is 5.02 Å². The van der Waals surface area contributed by atoms with Gasteiger partial charge in [0.15, 0.2) is 6.61 Å². The average Bonchev–Trinajstić information content (AvgIpc) is 2.75. The van der Waals surface area contributed by atoms with Crippen molar-refractivity contribution >= 4 is 23.4 Å². The van der Waals surface area contributed by atoms with Crippen LogP contribution in [0.4, 0.5) is 0 Å². The molecule has 3 rings (SSSR count). The number of amides is 2. The van der Waals surface area contributed by atoms with Gasteiger partial charge in [0, 0.05) is 30.6 Å². The molecule has 0 saturated carbocycles. The van der Waals surface area contributed by atoms with Crippen molar-refractivity contribution in [3.63, 3.8) is 0 Å². The van der Waals surface area contributed by atoms with E-state index < -0.39 is 0 Å². The molecule has 1 heterocycles. The Labute approximate surface area is 183 Å². The quantitative estimate of drug-likeness (QED) is 0.723. The number of hydrogen-bond donors (Lipinski definition) is 1. The summed E-state index contributed by atoms with van der Waals surface area (Å²) < 4.78 is 5.74. The minimum Gasteiger partial charge on any atom is -0.483 e. The largest absolute Gasteiger partial charge is 0.483 e. The summed E-state index contributed by atoms with van der Waals surface area (Å²) in [6.07, 6.45) is 2.67. The van der Waals surface area contributed by atoms with Gasteiger partial charge in [0.1, 0.15) is 5.75 Å².